The molecule has 0 bridgehead atoms. The zero-order chi connectivity index (χ0) is 14.6. The Morgan fingerprint density at radius 1 is 1.15 bits per heavy atom. The first-order valence-corrected chi connectivity index (χ1v) is 7.86. The molecule has 114 valence electrons. The minimum atomic E-state index is -0.934. The van der Waals surface area contributed by atoms with E-state index in [0.717, 1.165) is 32.5 Å². The lowest BCUT2D eigenvalue weighted by Crippen LogP contribution is -2.53. The third kappa shape index (κ3) is 2.97. The summed E-state index contributed by atoms with van der Waals surface area (Å²) < 4.78 is 0. The van der Waals surface area contributed by atoms with Gasteiger partial charge in [-0.3, -0.25) is 4.79 Å². The molecule has 1 amide bonds. The fourth-order valence-corrected chi connectivity index (χ4v) is 3.64. The van der Waals surface area contributed by atoms with E-state index in [2.05, 4.69) is 4.90 Å². The SMILES string of the molecule is CCCC1(C(=O)O)CCCN1C(=O)CCN1CCCC1. The Morgan fingerprint density at radius 2 is 1.85 bits per heavy atom. The number of carboxylic acids is 1. The van der Waals surface area contributed by atoms with Crippen LogP contribution in [0, 0.1) is 0 Å². The zero-order valence-corrected chi connectivity index (χ0v) is 12.4. The molecule has 2 heterocycles. The molecule has 0 aromatic carbocycles. The molecule has 1 unspecified atom stereocenters. The van der Waals surface area contributed by atoms with Crippen molar-refractivity contribution in [3.63, 3.8) is 0 Å². The van der Waals surface area contributed by atoms with Gasteiger partial charge in [0.25, 0.3) is 0 Å². The smallest absolute Gasteiger partial charge is 0.329 e. The summed E-state index contributed by atoms with van der Waals surface area (Å²) >= 11 is 0. The second kappa shape index (κ2) is 6.57. The van der Waals surface area contributed by atoms with Gasteiger partial charge in [0.15, 0.2) is 0 Å². The second-order valence-electron chi connectivity index (χ2n) is 6.03. The number of likely N-dealkylation sites (tertiary alicyclic amines) is 2. The van der Waals surface area contributed by atoms with E-state index in [1.54, 1.807) is 4.90 Å². The average molecular weight is 282 g/mol. The standard InChI is InChI=1S/C15H26N2O3/c1-2-7-15(14(19)20)8-5-11-17(15)13(18)6-12-16-9-3-4-10-16/h2-12H2,1H3,(H,19,20). The molecular formula is C15H26N2O3. The number of carbonyl (C=O) groups is 2. The van der Waals surface area contributed by atoms with Crippen LogP contribution in [-0.4, -0.2) is 58.5 Å². The van der Waals surface area contributed by atoms with Crippen LogP contribution in [0.5, 0.6) is 0 Å². The van der Waals surface area contributed by atoms with Gasteiger partial charge in [-0.15, -0.1) is 0 Å². The molecule has 5 heteroatoms. The molecule has 2 aliphatic heterocycles. The van der Waals surface area contributed by atoms with Crippen molar-refractivity contribution in [3.05, 3.63) is 0 Å². The van der Waals surface area contributed by atoms with Crippen molar-refractivity contribution in [1.82, 2.24) is 9.80 Å². The van der Waals surface area contributed by atoms with Crippen LogP contribution >= 0.6 is 0 Å². The third-order valence-electron chi connectivity index (χ3n) is 4.69. The second-order valence-corrected chi connectivity index (χ2v) is 6.03. The lowest BCUT2D eigenvalue weighted by Gasteiger charge is -2.35. The fourth-order valence-electron chi connectivity index (χ4n) is 3.64. The van der Waals surface area contributed by atoms with E-state index in [0.29, 0.717) is 25.8 Å². The molecule has 2 aliphatic rings. The normalized spacial score (nSPS) is 27.1. The van der Waals surface area contributed by atoms with Crippen LogP contribution in [0.15, 0.2) is 0 Å². The molecule has 1 N–H and O–H groups in total. The Morgan fingerprint density at radius 3 is 2.45 bits per heavy atom. The van der Waals surface area contributed by atoms with Gasteiger partial charge in [0.2, 0.25) is 5.91 Å². The number of carboxylic acid groups (broad SMARTS) is 1. The number of rotatable bonds is 6. The lowest BCUT2D eigenvalue weighted by molar-refractivity contribution is -0.157. The maximum absolute atomic E-state index is 12.4. The maximum Gasteiger partial charge on any atom is 0.329 e. The van der Waals surface area contributed by atoms with E-state index in [9.17, 15) is 14.7 Å². The highest BCUT2D eigenvalue weighted by molar-refractivity contribution is 5.87. The lowest BCUT2D eigenvalue weighted by atomic mass is 9.90. The molecule has 2 rings (SSSR count). The van der Waals surface area contributed by atoms with Crippen LogP contribution in [-0.2, 0) is 9.59 Å². The van der Waals surface area contributed by atoms with Crippen molar-refractivity contribution in [1.29, 1.82) is 0 Å². The quantitative estimate of drug-likeness (QED) is 0.806. The summed E-state index contributed by atoms with van der Waals surface area (Å²) in [6.07, 6.45) is 5.66. The van der Waals surface area contributed by atoms with Gasteiger partial charge in [0, 0.05) is 19.5 Å². The molecule has 5 nitrogen and oxygen atoms in total. The summed E-state index contributed by atoms with van der Waals surface area (Å²) in [5, 5.41) is 9.59. The van der Waals surface area contributed by atoms with Crippen LogP contribution in [0.25, 0.3) is 0 Å². The maximum atomic E-state index is 12.4. The Kier molecular flexibility index (Phi) is 5.02. The summed E-state index contributed by atoms with van der Waals surface area (Å²) in [6.45, 7) is 5.51. The minimum absolute atomic E-state index is 0.0188. The molecule has 2 fully saturated rings. The monoisotopic (exact) mass is 282 g/mol. The summed E-state index contributed by atoms with van der Waals surface area (Å²) in [5.74, 6) is -0.809. The van der Waals surface area contributed by atoms with Gasteiger partial charge < -0.3 is 14.9 Å². The molecule has 0 aliphatic carbocycles. The molecule has 20 heavy (non-hydrogen) atoms. The van der Waals surface area contributed by atoms with Crippen molar-refractivity contribution >= 4 is 11.9 Å². The van der Waals surface area contributed by atoms with Crippen LogP contribution in [0.1, 0.15) is 51.9 Å². The first-order valence-electron chi connectivity index (χ1n) is 7.86. The van der Waals surface area contributed by atoms with E-state index in [1.807, 2.05) is 6.92 Å². The van der Waals surface area contributed by atoms with Crippen LogP contribution < -0.4 is 0 Å². The van der Waals surface area contributed by atoms with Gasteiger partial charge in [-0.05, 0) is 45.2 Å². The van der Waals surface area contributed by atoms with Crippen molar-refractivity contribution in [2.75, 3.05) is 26.2 Å². The molecule has 0 saturated carbocycles. The Bertz CT molecular complexity index is 366. The number of aliphatic carboxylic acids is 1. The van der Waals surface area contributed by atoms with E-state index >= 15 is 0 Å². The Labute approximate surface area is 120 Å². The van der Waals surface area contributed by atoms with Crippen molar-refractivity contribution < 1.29 is 14.7 Å². The van der Waals surface area contributed by atoms with E-state index in [1.165, 1.54) is 12.8 Å². The zero-order valence-electron chi connectivity index (χ0n) is 12.4. The van der Waals surface area contributed by atoms with Gasteiger partial charge in [0.1, 0.15) is 5.54 Å². The van der Waals surface area contributed by atoms with Crippen molar-refractivity contribution in [3.8, 4) is 0 Å². The molecule has 0 spiro atoms. The van der Waals surface area contributed by atoms with Gasteiger partial charge in [-0.1, -0.05) is 13.3 Å². The van der Waals surface area contributed by atoms with Gasteiger partial charge in [-0.2, -0.15) is 0 Å². The van der Waals surface area contributed by atoms with E-state index in [4.69, 9.17) is 0 Å². The molecule has 0 aromatic heterocycles. The summed E-state index contributed by atoms with van der Waals surface area (Å²) in [4.78, 5) is 28.1. The van der Waals surface area contributed by atoms with E-state index in [-0.39, 0.29) is 5.91 Å². The van der Waals surface area contributed by atoms with Crippen molar-refractivity contribution in [2.45, 2.75) is 57.4 Å². The number of nitrogens with zero attached hydrogens (tertiary/aromatic N) is 2. The Balaban J connectivity index is 1.97. The number of carbonyl (C=O) groups excluding carboxylic acids is 1. The highest BCUT2D eigenvalue weighted by Crippen LogP contribution is 2.34. The number of hydrogen-bond acceptors (Lipinski definition) is 3. The van der Waals surface area contributed by atoms with Gasteiger partial charge >= 0.3 is 5.97 Å². The van der Waals surface area contributed by atoms with Crippen LogP contribution in [0.4, 0.5) is 0 Å². The number of amides is 1. The van der Waals surface area contributed by atoms with Crippen LogP contribution in [0.3, 0.4) is 0 Å². The third-order valence-corrected chi connectivity index (χ3v) is 4.69. The fraction of sp³-hybridized carbons (Fsp3) is 0.867. The predicted molar refractivity (Wildman–Crippen MR) is 76.5 cm³/mol. The Hall–Kier alpha value is -1.10. The molecule has 0 aromatic rings. The van der Waals surface area contributed by atoms with E-state index < -0.39 is 11.5 Å². The topological polar surface area (TPSA) is 60.9 Å². The summed E-state index contributed by atoms with van der Waals surface area (Å²) in [5.41, 5.74) is -0.934. The summed E-state index contributed by atoms with van der Waals surface area (Å²) in [7, 11) is 0. The average Bonchev–Trinajstić information content (AvgIpc) is 3.06. The molecule has 2 saturated heterocycles. The highest BCUT2D eigenvalue weighted by atomic mass is 16.4. The molecule has 0 radical (unpaired) electrons. The largest absolute Gasteiger partial charge is 0.479 e. The first kappa shape index (κ1) is 15.3. The molecule has 1 atom stereocenters. The van der Waals surface area contributed by atoms with Crippen LogP contribution in [0.2, 0.25) is 0 Å². The number of hydrogen-bond donors (Lipinski definition) is 1. The molecular weight excluding hydrogens is 256 g/mol. The summed E-state index contributed by atoms with van der Waals surface area (Å²) in [6, 6.07) is 0. The predicted octanol–water partition coefficient (Wildman–Crippen LogP) is 1.72. The van der Waals surface area contributed by atoms with Gasteiger partial charge in [0.05, 0.1) is 0 Å². The minimum Gasteiger partial charge on any atom is -0.479 e. The highest BCUT2D eigenvalue weighted by Gasteiger charge is 2.48. The van der Waals surface area contributed by atoms with Crippen molar-refractivity contribution in [2.24, 2.45) is 0 Å². The first-order chi connectivity index (χ1) is 9.60. The van der Waals surface area contributed by atoms with Gasteiger partial charge in [-0.25, -0.2) is 4.79 Å².